The number of rotatable bonds is 6. The standard InChI is InChI=1S/C13H22IN3/c1-5-7-11-16-10(8-9(3)4)12(14)13(17-11)15-6-2/h9H,5-8H2,1-4H3,(H,15,16,17). The van der Waals surface area contributed by atoms with E-state index < -0.39 is 0 Å². The predicted molar refractivity (Wildman–Crippen MR) is 81.4 cm³/mol. The molecule has 0 atom stereocenters. The minimum Gasteiger partial charge on any atom is -0.369 e. The van der Waals surface area contributed by atoms with Gasteiger partial charge in [0.15, 0.2) is 0 Å². The summed E-state index contributed by atoms with van der Waals surface area (Å²) in [4.78, 5) is 9.28. The van der Waals surface area contributed by atoms with Crippen LogP contribution < -0.4 is 5.32 Å². The first kappa shape index (κ1) is 14.7. The molecule has 0 fully saturated rings. The van der Waals surface area contributed by atoms with E-state index in [0.29, 0.717) is 5.92 Å². The van der Waals surface area contributed by atoms with Crippen molar-refractivity contribution in [1.29, 1.82) is 0 Å². The quantitative estimate of drug-likeness (QED) is 0.798. The van der Waals surface area contributed by atoms with Crippen LogP contribution in [0.4, 0.5) is 5.82 Å². The molecule has 1 aromatic heterocycles. The lowest BCUT2D eigenvalue weighted by Crippen LogP contribution is -2.11. The van der Waals surface area contributed by atoms with E-state index in [0.717, 1.165) is 37.4 Å². The summed E-state index contributed by atoms with van der Waals surface area (Å²) < 4.78 is 1.18. The van der Waals surface area contributed by atoms with Crippen molar-refractivity contribution in [3.8, 4) is 0 Å². The van der Waals surface area contributed by atoms with Gasteiger partial charge in [-0.2, -0.15) is 0 Å². The molecule has 3 nitrogen and oxygen atoms in total. The van der Waals surface area contributed by atoms with Crippen molar-refractivity contribution in [2.45, 2.75) is 47.0 Å². The van der Waals surface area contributed by atoms with Gasteiger partial charge in [0.05, 0.1) is 9.26 Å². The maximum Gasteiger partial charge on any atom is 0.143 e. The van der Waals surface area contributed by atoms with Gasteiger partial charge in [-0.25, -0.2) is 9.97 Å². The van der Waals surface area contributed by atoms with E-state index in [1.807, 2.05) is 0 Å². The highest BCUT2D eigenvalue weighted by atomic mass is 127. The lowest BCUT2D eigenvalue weighted by atomic mass is 10.1. The van der Waals surface area contributed by atoms with E-state index in [4.69, 9.17) is 0 Å². The van der Waals surface area contributed by atoms with Gasteiger partial charge in [0, 0.05) is 13.0 Å². The topological polar surface area (TPSA) is 37.8 Å². The van der Waals surface area contributed by atoms with Crippen LogP contribution in [0, 0.1) is 9.49 Å². The number of aromatic nitrogens is 2. The average molecular weight is 347 g/mol. The lowest BCUT2D eigenvalue weighted by Gasteiger charge is -2.13. The van der Waals surface area contributed by atoms with Crippen LogP contribution in [0.25, 0.3) is 0 Å². The normalized spacial score (nSPS) is 10.9. The van der Waals surface area contributed by atoms with Crippen LogP contribution in [0.15, 0.2) is 0 Å². The van der Waals surface area contributed by atoms with E-state index in [9.17, 15) is 0 Å². The molecule has 17 heavy (non-hydrogen) atoms. The minimum atomic E-state index is 0.627. The highest BCUT2D eigenvalue weighted by Gasteiger charge is 2.12. The van der Waals surface area contributed by atoms with Gasteiger partial charge in [-0.05, 0) is 48.3 Å². The van der Waals surface area contributed by atoms with Gasteiger partial charge in [0.2, 0.25) is 0 Å². The summed E-state index contributed by atoms with van der Waals surface area (Å²) in [6.07, 6.45) is 3.07. The van der Waals surface area contributed by atoms with Crippen LogP contribution in [0.1, 0.15) is 45.6 Å². The van der Waals surface area contributed by atoms with Crippen LogP contribution >= 0.6 is 22.6 Å². The molecular formula is C13H22IN3. The highest BCUT2D eigenvalue weighted by Crippen LogP contribution is 2.22. The fraction of sp³-hybridized carbons (Fsp3) is 0.692. The minimum absolute atomic E-state index is 0.627. The van der Waals surface area contributed by atoms with Gasteiger partial charge in [-0.3, -0.25) is 0 Å². The molecule has 0 unspecified atom stereocenters. The summed E-state index contributed by atoms with van der Waals surface area (Å²) in [5, 5.41) is 3.33. The van der Waals surface area contributed by atoms with Crippen molar-refractivity contribution in [2.75, 3.05) is 11.9 Å². The second kappa shape index (κ2) is 7.13. The third-order valence-corrected chi connectivity index (χ3v) is 3.52. The van der Waals surface area contributed by atoms with Gasteiger partial charge in [-0.1, -0.05) is 20.8 Å². The van der Waals surface area contributed by atoms with Crippen LogP contribution in [0.3, 0.4) is 0 Å². The number of nitrogens with one attached hydrogen (secondary N) is 1. The number of aryl methyl sites for hydroxylation is 1. The summed E-state index contributed by atoms with van der Waals surface area (Å²) in [5.74, 6) is 2.60. The molecule has 0 bridgehead atoms. The van der Waals surface area contributed by atoms with Crippen LogP contribution in [-0.2, 0) is 12.8 Å². The molecular weight excluding hydrogens is 325 g/mol. The highest BCUT2D eigenvalue weighted by molar-refractivity contribution is 14.1. The molecule has 0 aliphatic carbocycles. The fourth-order valence-corrected chi connectivity index (χ4v) is 2.34. The zero-order chi connectivity index (χ0) is 12.8. The second-order valence-corrected chi connectivity index (χ2v) is 5.71. The van der Waals surface area contributed by atoms with E-state index in [1.54, 1.807) is 0 Å². The maximum absolute atomic E-state index is 4.69. The Balaban J connectivity index is 3.07. The molecule has 0 aliphatic rings. The molecule has 1 N–H and O–H groups in total. The van der Waals surface area contributed by atoms with E-state index in [-0.39, 0.29) is 0 Å². The smallest absolute Gasteiger partial charge is 0.143 e. The first-order valence-electron chi connectivity index (χ1n) is 6.37. The largest absolute Gasteiger partial charge is 0.369 e. The van der Waals surface area contributed by atoms with Crippen LogP contribution in [-0.4, -0.2) is 16.5 Å². The molecule has 0 spiro atoms. The average Bonchev–Trinajstić information content (AvgIpc) is 2.24. The van der Waals surface area contributed by atoms with Crippen LogP contribution in [0.2, 0.25) is 0 Å². The first-order chi connectivity index (χ1) is 8.08. The Bertz CT molecular complexity index is 364. The zero-order valence-electron chi connectivity index (χ0n) is 11.2. The fourth-order valence-electron chi connectivity index (χ4n) is 1.69. The van der Waals surface area contributed by atoms with Crippen molar-refractivity contribution >= 4 is 28.4 Å². The summed E-state index contributed by atoms with van der Waals surface area (Å²) in [5.41, 5.74) is 1.19. The Morgan fingerprint density at radius 2 is 1.94 bits per heavy atom. The van der Waals surface area contributed by atoms with Gasteiger partial charge in [0.1, 0.15) is 11.6 Å². The van der Waals surface area contributed by atoms with E-state index >= 15 is 0 Å². The van der Waals surface area contributed by atoms with Gasteiger partial charge >= 0.3 is 0 Å². The van der Waals surface area contributed by atoms with E-state index in [2.05, 4.69) is 65.6 Å². The van der Waals surface area contributed by atoms with E-state index in [1.165, 1.54) is 9.26 Å². The third-order valence-electron chi connectivity index (χ3n) is 2.39. The molecule has 0 saturated carbocycles. The summed E-state index contributed by atoms with van der Waals surface area (Å²) in [6, 6.07) is 0. The number of nitrogens with zero attached hydrogens (tertiary/aromatic N) is 2. The van der Waals surface area contributed by atoms with Crippen molar-refractivity contribution in [3.05, 3.63) is 15.1 Å². The maximum atomic E-state index is 4.69. The van der Waals surface area contributed by atoms with Gasteiger partial charge in [-0.15, -0.1) is 0 Å². The molecule has 0 aromatic carbocycles. The molecule has 0 saturated heterocycles. The van der Waals surface area contributed by atoms with Crippen LogP contribution in [0.5, 0.6) is 0 Å². The Morgan fingerprint density at radius 3 is 2.47 bits per heavy atom. The SMILES string of the molecule is CCCc1nc(CC(C)C)c(I)c(NCC)n1. The van der Waals surface area contributed by atoms with Crippen molar-refractivity contribution in [2.24, 2.45) is 5.92 Å². The Kier molecular flexibility index (Phi) is 6.16. The molecule has 96 valence electrons. The number of halogens is 1. The Morgan fingerprint density at radius 1 is 1.24 bits per heavy atom. The number of anilines is 1. The van der Waals surface area contributed by atoms with Gasteiger partial charge in [0.25, 0.3) is 0 Å². The predicted octanol–water partition coefficient (Wildman–Crippen LogP) is 3.66. The second-order valence-electron chi connectivity index (χ2n) is 4.63. The third kappa shape index (κ3) is 4.41. The lowest BCUT2D eigenvalue weighted by molar-refractivity contribution is 0.626. The van der Waals surface area contributed by atoms with Crippen molar-refractivity contribution in [1.82, 2.24) is 9.97 Å². The first-order valence-corrected chi connectivity index (χ1v) is 7.45. The Hall–Kier alpha value is -0.390. The molecule has 0 radical (unpaired) electrons. The molecule has 1 aromatic rings. The van der Waals surface area contributed by atoms with Gasteiger partial charge < -0.3 is 5.32 Å². The van der Waals surface area contributed by atoms with Crippen molar-refractivity contribution < 1.29 is 0 Å². The summed E-state index contributed by atoms with van der Waals surface area (Å²) in [6.45, 7) is 9.62. The zero-order valence-corrected chi connectivity index (χ0v) is 13.3. The van der Waals surface area contributed by atoms with Crippen molar-refractivity contribution in [3.63, 3.8) is 0 Å². The molecule has 0 aliphatic heterocycles. The molecule has 4 heteroatoms. The molecule has 1 heterocycles. The number of hydrogen-bond donors (Lipinski definition) is 1. The summed E-state index contributed by atoms with van der Waals surface area (Å²) >= 11 is 2.36. The monoisotopic (exact) mass is 347 g/mol. The molecule has 0 amide bonds. The Labute approximate surface area is 118 Å². The number of hydrogen-bond acceptors (Lipinski definition) is 3. The molecule has 1 rings (SSSR count). The summed E-state index contributed by atoms with van der Waals surface area (Å²) in [7, 11) is 0.